The SMILES string of the molecule is CCCn1c(=O)c(NC(=O)Nc2c(C(C)C)cc(OCc3cccnc3)cc2C(C)C)c(-c2cccc(OC)c2)c2cccnc21. The smallest absolute Gasteiger partial charge is 0.323 e. The Morgan fingerprint density at radius 1 is 0.891 bits per heavy atom. The van der Waals surface area contributed by atoms with E-state index in [0.29, 0.717) is 41.5 Å². The first-order valence-corrected chi connectivity index (χ1v) is 15.6. The van der Waals surface area contributed by atoms with Crippen molar-refractivity contribution < 1.29 is 14.3 Å². The summed E-state index contributed by atoms with van der Waals surface area (Å²) < 4.78 is 13.3. The van der Waals surface area contributed by atoms with Gasteiger partial charge in [0.05, 0.1) is 7.11 Å². The van der Waals surface area contributed by atoms with E-state index in [0.717, 1.165) is 34.1 Å². The number of aryl methyl sites for hydroxylation is 1. The number of methoxy groups -OCH3 is 1. The Hall–Kier alpha value is -5.18. The van der Waals surface area contributed by atoms with Crippen molar-refractivity contribution in [1.82, 2.24) is 14.5 Å². The highest BCUT2D eigenvalue weighted by Gasteiger charge is 2.23. The van der Waals surface area contributed by atoms with Gasteiger partial charge in [-0.1, -0.05) is 52.8 Å². The number of nitrogens with zero attached hydrogens (tertiary/aromatic N) is 3. The number of anilines is 2. The molecule has 2 aromatic carbocycles. The lowest BCUT2D eigenvalue weighted by molar-refractivity contribution is 0.262. The number of rotatable bonds is 11. The van der Waals surface area contributed by atoms with E-state index in [1.54, 1.807) is 30.3 Å². The Morgan fingerprint density at radius 2 is 1.61 bits per heavy atom. The number of amides is 2. The Bertz CT molecular complexity index is 1870. The van der Waals surface area contributed by atoms with Crippen molar-refractivity contribution in [2.75, 3.05) is 17.7 Å². The van der Waals surface area contributed by atoms with Crippen molar-refractivity contribution in [2.45, 2.75) is 66.0 Å². The summed E-state index contributed by atoms with van der Waals surface area (Å²) in [7, 11) is 1.60. The van der Waals surface area contributed by atoms with E-state index in [1.807, 2.05) is 67.6 Å². The van der Waals surface area contributed by atoms with Gasteiger partial charge in [-0.25, -0.2) is 9.78 Å². The molecule has 0 saturated carbocycles. The fraction of sp³-hybridized carbons (Fsp3) is 0.297. The van der Waals surface area contributed by atoms with Gasteiger partial charge in [-0.3, -0.25) is 14.3 Å². The van der Waals surface area contributed by atoms with Crippen molar-refractivity contribution in [3.8, 4) is 22.6 Å². The van der Waals surface area contributed by atoms with Gasteiger partial charge in [0.2, 0.25) is 0 Å². The van der Waals surface area contributed by atoms with Gasteiger partial charge in [-0.05, 0) is 77.4 Å². The topological polar surface area (TPSA) is 107 Å². The van der Waals surface area contributed by atoms with Crippen LogP contribution < -0.4 is 25.7 Å². The van der Waals surface area contributed by atoms with E-state index < -0.39 is 6.03 Å². The van der Waals surface area contributed by atoms with Crippen LogP contribution >= 0.6 is 0 Å². The second kappa shape index (κ2) is 14.3. The number of pyridine rings is 3. The van der Waals surface area contributed by atoms with Gasteiger partial charge in [0, 0.05) is 47.3 Å². The van der Waals surface area contributed by atoms with Gasteiger partial charge >= 0.3 is 6.03 Å². The zero-order valence-corrected chi connectivity index (χ0v) is 27.3. The predicted octanol–water partition coefficient (Wildman–Crippen LogP) is 8.35. The Balaban J connectivity index is 1.57. The summed E-state index contributed by atoms with van der Waals surface area (Å²) >= 11 is 0. The number of ether oxygens (including phenoxy) is 2. The van der Waals surface area contributed by atoms with E-state index in [9.17, 15) is 9.59 Å². The summed E-state index contributed by atoms with van der Waals surface area (Å²) in [5, 5.41) is 6.82. The van der Waals surface area contributed by atoms with E-state index in [1.165, 1.54) is 0 Å². The summed E-state index contributed by atoms with van der Waals surface area (Å²) in [6.07, 6.45) is 5.91. The third-order valence-corrected chi connectivity index (χ3v) is 7.85. The molecule has 0 saturated heterocycles. The number of aromatic nitrogens is 3. The van der Waals surface area contributed by atoms with Gasteiger partial charge < -0.3 is 20.1 Å². The maximum atomic E-state index is 14.1. The molecule has 2 N–H and O–H groups in total. The maximum absolute atomic E-state index is 14.1. The van der Waals surface area contributed by atoms with Crippen LogP contribution in [0.4, 0.5) is 16.2 Å². The number of urea groups is 1. The van der Waals surface area contributed by atoms with Gasteiger partial charge in [0.15, 0.2) is 0 Å². The van der Waals surface area contributed by atoms with Crippen LogP contribution in [0.5, 0.6) is 11.5 Å². The van der Waals surface area contributed by atoms with Crippen LogP contribution in [-0.2, 0) is 13.2 Å². The first kappa shape index (κ1) is 32.2. The highest BCUT2D eigenvalue weighted by molar-refractivity contribution is 6.08. The molecule has 2 amide bonds. The second-order valence-corrected chi connectivity index (χ2v) is 11.8. The first-order chi connectivity index (χ1) is 22.2. The zero-order valence-electron chi connectivity index (χ0n) is 27.3. The van der Waals surface area contributed by atoms with Gasteiger partial charge in [0.25, 0.3) is 5.56 Å². The van der Waals surface area contributed by atoms with E-state index >= 15 is 0 Å². The molecule has 0 radical (unpaired) electrons. The zero-order chi connectivity index (χ0) is 32.8. The largest absolute Gasteiger partial charge is 0.497 e. The second-order valence-electron chi connectivity index (χ2n) is 11.8. The minimum Gasteiger partial charge on any atom is -0.497 e. The standard InChI is InChI=1S/C37H41N5O4/c1-7-17-42-35-29(14-10-16-39-35)32(26-12-8-13-27(18-26)45-6)34(36(42)43)41-37(44)40-33-30(23(2)3)19-28(20-31(33)24(4)5)46-22-25-11-9-15-38-21-25/h8-16,18-21,23-24H,7,17,22H2,1-6H3,(H2,40,41,44). The highest BCUT2D eigenvalue weighted by Crippen LogP contribution is 2.38. The minimum atomic E-state index is -0.514. The molecular formula is C37H41N5O4. The molecule has 5 rings (SSSR count). The van der Waals surface area contributed by atoms with Crippen molar-refractivity contribution in [3.63, 3.8) is 0 Å². The molecule has 46 heavy (non-hydrogen) atoms. The number of hydrogen-bond acceptors (Lipinski definition) is 6. The molecule has 5 aromatic rings. The van der Waals surface area contributed by atoms with E-state index in [2.05, 4.69) is 48.3 Å². The molecular weight excluding hydrogens is 578 g/mol. The molecule has 3 heterocycles. The fourth-order valence-electron chi connectivity index (χ4n) is 5.61. The molecule has 0 fully saturated rings. The molecule has 9 heteroatoms. The molecule has 0 atom stereocenters. The number of carbonyl (C=O) groups is 1. The van der Waals surface area contributed by atoms with E-state index in [-0.39, 0.29) is 23.1 Å². The predicted molar refractivity (Wildman–Crippen MR) is 184 cm³/mol. The Labute approximate surface area is 269 Å². The summed E-state index contributed by atoms with van der Waals surface area (Å²) in [6, 6.07) is 18.5. The summed E-state index contributed by atoms with van der Waals surface area (Å²) in [4.78, 5) is 36.8. The van der Waals surface area contributed by atoms with Gasteiger partial charge in [-0.15, -0.1) is 0 Å². The molecule has 0 aliphatic heterocycles. The van der Waals surface area contributed by atoms with Crippen LogP contribution in [-0.4, -0.2) is 27.7 Å². The van der Waals surface area contributed by atoms with Crippen molar-refractivity contribution >= 4 is 28.4 Å². The number of fused-ring (bicyclic) bond motifs is 1. The van der Waals surface area contributed by atoms with Crippen LogP contribution in [0.25, 0.3) is 22.2 Å². The lowest BCUT2D eigenvalue weighted by Gasteiger charge is -2.23. The molecule has 3 aromatic heterocycles. The lowest BCUT2D eigenvalue weighted by atomic mass is 9.92. The lowest BCUT2D eigenvalue weighted by Crippen LogP contribution is -2.30. The van der Waals surface area contributed by atoms with Crippen molar-refractivity contribution in [1.29, 1.82) is 0 Å². The molecule has 0 unspecified atom stereocenters. The van der Waals surface area contributed by atoms with Crippen LogP contribution in [0.15, 0.2) is 84.0 Å². The van der Waals surface area contributed by atoms with Crippen LogP contribution in [0.3, 0.4) is 0 Å². The number of hydrogen-bond donors (Lipinski definition) is 2. The molecule has 0 aliphatic rings. The third kappa shape index (κ3) is 6.88. The third-order valence-electron chi connectivity index (χ3n) is 7.85. The minimum absolute atomic E-state index is 0.0793. The highest BCUT2D eigenvalue weighted by atomic mass is 16.5. The average molecular weight is 620 g/mol. The molecule has 0 bridgehead atoms. The summed E-state index contributed by atoms with van der Waals surface area (Å²) in [5.74, 6) is 1.51. The summed E-state index contributed by atoms with van der Waals surface area (Å²) in [6.45, 7) is 11.1. The van der Waals surface area contributed by atoms with Crippen molar-refractivity contribution in [2.24, 2.45) is 0 Å². The molecule has 0 spiro atoms. The molecule has 9 nitrogen and oxygen atoms in total. The summed E-state index contributed by atoms with van der Waals surface area (Å²) in [5.41, 5.74) is 5.26. The monoisotopic (exact) mass is 619 g/mol. The normalized spacial score (nSPS) is 11.2. The number of carbonyl (C=O) groups excluding carboxylic acids is 1. The Kier molecular flexibility index (Phi) is 10.0. The fourth-order valence-corrected chi connectivity index (χ4v) is 5.61. The van der Waals surface area contributed by atoms with Gasteiger partial charge in [0.1, 0.15) is 29.4 Å². The van der Waals surface area contributed by atoms with Crippen LogP contribution in [0.1, 0.15) is 69.6 Å². The Morgan fingerprint density at radius 3 is 2.26 bits per heavy atom. The average Bonchev–Trinajstić information content (AvgIpc) is 3.06. The molecule has 238 valence electrons. The number of nitrogens with one attached hydrogen (secondary N) is 2. The van der Waals surface area contributed by atoms with Gasteiger partial charge in [-0.2, -0.15) is 0 Å². The van der Waals surface area contributed by atoms with E-state index in [4.69, 9.17) is 9.47 Å². The maximum Gasteiger partial charge on any atom is 0.323 e. The van der Waals surface area contributed by atoms with Crippen LogP contribution in [0, 0.1) is 0 Å². The molecule has 0 aliphatic carbocycles. The number of benzene rings is 2. The quantitative estimate of drug-likeness (QED) is 0.154. The first-order valence-electron chi connectivity index (χ1n) is 15.6. The van der Waals surface area contributed by atoms with Crippen molar-refractivity contribution in [3.05, 3.63) is 106 Å². The van der Waals surface area contributed by atoms with Crippen LogP contribution in [0.2, 0.25) is 0 Å².